The van der Waals surface area contributed by atoms with Gasteiger partial charge in [-0.05, 0) is 83.2 Å². The fourth-order valence-electron chi connectivity index (χ4n) is 5.25. The number of allylic oxidation sites excluding steroid dienone is 7. The molecule has 1 aliphatic carbocycles. The predicted molar refractivity (Wildman–Crippen MR) is 162 cm³/mol. The first-order valence-corrected chi connectivity index (χ1v) is 13.9. The van der Waals surface area contributed by atoms with E-state index in [1.807, 2.05) is 19.3 Å². The zero-order chi connectivity index (χ0) is 27.1. The van der Waals surface area contributed by atoms with Crippen LogP contribution in [0.4, 0.5) is 0 Å². The van der Waals surface area contributed by atoms with E-state index in [-0.39, 0.29) is 0 Å². The molecule has 1 atom stereocenters. The molecule has 0 radical (unpaired) electrons. The van der Waals surface area contributed by atoms with Gasteiger partial charge in [0.15, 0.2) is 0 Å². The summed E-state index contributed by atoms with van der Waals surface area (Å²) in [6, 6.07) is 4.48. The van der Waals surface area contributed by atoms with E-state index in [1.54, 1.807) is 0 Å². The van der Waals surface area contributed by atoms with Gasteiger partial charge in [-0.3, -0.25) is 19.9 Å². The highest BCUT2D eigenvalue weighted by molar-refractivity contribution is 5.95. The van der Waals surface area contributed by atoms with Gasteiger partial charge >= 0.3 is 0 Å². The molecule has 1 saturated heterocycles. The average molecular weight is 510 g/mol. The number of aromatic nitrogens is 1. The van der Waals surface area contributed by atoms with Gasteiger partial charge in [0.05, 0.1) is 11.4 Å². The highest BCUT2D eigenvalue weighted by Gasteiger charge is 2.21. The van der Waals surface area contributed by atoms with Gasteiger partial charge in [-0.25, -0.2) is 0 Å². The molecular formula is C33H43N5. The topological polar surface area (TPSA) is 44.1 Å². The molecule has 1 fully saturated rings. The maximum absolute atomic E-state index is 5.04. The van der Waals surface area contributed by atoms with E-state index in [0.717, 1.165) is 80.2 Å². The van der Waals surface area contributed by atoms with Crippen molar-refractivity contribution in [2.24, 2.45) is 9.98 Å². The number of nitrogens with zero attached hydrogens (tertiary/aromatic N) is 5. The van der Waals surface area contributed by atoms with Crippen LogP contribution in [0, 0.1) is 6.92 Å². The van der Waals surface area contributed by atoms with Gasteiger partial charge in [0.2, 0.25) is 0 Å². The van der Waals surface area contributed by atoms with Crippen LogP contribution in [-0.2, 0) is 0 Å². The molecule has 4 rings (SSSR count). The molecule has 1 aromatic rings. The maximum Gasteiger partial charge on any atom is 0.0692 e. The van der Waals surface area contributed by atoms with Crippen molar-refractivity contribution in [1.82, 2.24) is 14.8 Å². The molecule has 3 aliphatic rings. The van der Waals surface area contributed by atoms with E-state index < -0.39 is 0 Å². The minimum atomic E-state index is 0.312. The first-order valence-electron chi connectivity index (χ1n) is 13.9. The van der Waals surface area contributed by atoms with E-state index >= 15 is 0 Å². The van der Waals surface area contributed by atoms with Crippen LogP contribution < -0.4 is 0 Å². The molecule has 200 valence electrons. The molecular weight excluding hydrogens is 466 g/mol. The second-order valence-electron chi connectivity index (χ2n) is 10.9. The Hall–Kier alpha value is -3.31. The van der Waals surface area contributed by atoms with Crippen molar-refractivity contribution in [3.63, 3.8) is 0 Å². The van der Waals surface area contributed by atoms with Crippen molar-refractivity contribution in [2.45, 2.75) is 66.3 Å². The quantitative estimate of drug-likeness (QED) is 0.304. The van der Waals surface area contributed by atoms with Crippen LogP contribution in [-0.4, -0.2) is 58.9 Å². The summed E-state index contributed by atoms with van der Waals surface area (Å²) >= 11 is 0. The summed E-state index contributed by atoms with van der Waals surface area (Å²) in [5.74, 6) is 0. The SMILES string of the molecule is C=C(C)N1CCN(C2C=C/C(N=C(C)C/C3=C/CCC(C)=C(c4ccnc(C)c4)N=C3)=C/CC(C)=C2)CC1. The maximum atomic E-state index is 5.04. The standard InChI is InChI=1S/C33H43N5/c1-24(2)37-16-18-38(19-17-37)32-13-12-31(11-10-25(3)20-32)36-28(6)21-29-9-7-8-26(4)33(35-23-29)30-14-15-34-27(5)22-30/h9,11-15,20,22-23,32H,1,7-8,10,16-19,21H2,2-6H3/b13-12?,25-20?,29-9-,31-11-,33-26?,35-23?,36-28?. The Balaban J connectivity index is 1.44. The third-order valence-electron chi connectivity index (χ3n) is 7.47. The Bertz CT molecular complexity index is 1250. The van der Waals surface area contributed by atoms with Gasteiger partial charge in [-0.15, -0.1) is 0 Å². The Labute approximate surface area is 229 Å². The Morgan fingerprint density at radius 1 is 1.11 bits per heavy atom. The van der Waals surface area contributed by atoms with Crippen LogP contribution in [0.3, 0.4) is 0 Å². The summed E-state index contributed by atoms with van der Waals surface area (Å²) in [5.41, 5.74) is 10.5. The first-order chi connectivity index (χ1) is 18.3. The molecule has 1 unspecified atom stereocenters. The van der Waals surface area contributed by atoms with Gasteiger partial charge in [0.25, 0.3) is 0 Å². The van der Waals surface area contributed by atoms with E-state index in [9.17, 15) is 0 Å². The van der Waals surface area contributed by atoms with E-state index in [1.165, 1.54) is 22.4 Å². The second-order valence-corrected chi connectivity index (χ2v) is 10.9. The lowest BCUT2D eigenvalue weighted by Crippen LogP contribution is -2.48. The van der Waals surface area contributed by atoms with Crippen molar-refractivity contribution >= 4 is 17.6 Å². The number of pyridine rings is 1. The monoisotopic (exact) mass is 509 g/mol. The van der Waals surface area contributed by atoms with E-state index in [2.05, 4.69) is 91.6 Å². The number of hydrogen-bond donors (Lipinski definition) is 0. The Morgan fingerprint density at radius 2 is 1.89 bits per heavy atom. The fourth-order valence-corrected chi connectivity index (χ4v) is 5.25. The third-order valence-corrected chi connectivity index (χ3v) is 7.47. The molecule has 0 N–H and O–H groups in total. The summed E-state index contributed by atoms with van der Waals surface area (Å²) in [5, 5.41) is 0. The molecule has 0 bridgehead atoms. The zero-order valence-corrected chi connectivity index (χ0v) is 23.9. The zero-order valence-electron chi connectivity index (χ0n) is 23.9. The first kappa shape index (κ1) is 27.7. The molecule has 5 heteroatoms. The van der Waals surface area contributed by atoms with Crippen molar-refractivity contribution in [3.8, 4) is 0 Å². The number of piperazine rings is 1. The highest BCUT2D eigenvalue weighted by Crippen LogP contribution is 2.26. The number of aliphatic imine (C=N–C) groups is 2. The fraction of sp³-hybridized carbons (Fsp3) is 0.424. The van der Waals surface area contributed by atoms with Crippen LogP contribution in [0.15, 0.2) is 93.4 Å². The molecule has 0 saturated carbocycles. The number of hydrogen-bond acceptors (Lipinski definition) is 5. The molecule has 1 aromatic heterocycles. The van der Waals surface area contributed by atoms with Crippen LogP contribution in [0.5, 0.6) is 0 Å². The Morgan fingerprint density at radius 3 is 2.63 bits per heavy atom. The van der Waals surface area contributed by atoms with E-state index in [0.29, 0.717) is 6.04 Å². The summed E-state index contributed by atoms with van der Waals surface area (Å²) in [6.07, 6.45) is 19.1. The van der Waals surface area contributed by atoms with Crippen LogP contribution in [0.2, 0.25) is 0 Å². The Kier molecular flexibility index (Phi) is 9.46. The van der Waals surface area contributed by atoms with Crippen molar-refractivity contribution in [3.05, 3.63) is 94.7 Å². The molecule has 3 heterocycles. The summed E-state index contributed by atoms with van der Waals surface area (Å²) in [6.45, 7) is 19.0. The summed E-state index contributed by atoms with van der Waals surface area (Å²) in [4.78, 5) is 19.3. The van der Waals surface area contributed by atoms with Crippen LogP contribution in [0.1, 0.15) is 64.6 Å². The average Bonchev–Trinajstić information content (AvgIpc) is 2.87. The number of aryl methyl sites for hydroxylation is 1. The van der Waals surface area contributed by atoms with E-state index in [4.69, 9.17) is 9.98 Å². The molecule has 2 aliphatic heterocycles. The molecule has 5 nitrogen and oxygen atoms in total. The van der Waals surface area contributed by atoms with Crippen molar-refractivity contribution in [2.75, 3.05) is 26.2 Å². The highest BCUT2D eigenvalue weighted by atomic mass is 15.3. The summed E-state index contributed by atoms with van der Waals surface area (Å²) < 4.78 is 0. The summed E-state index contributed by atoms with van der Waals surface area (Å²) in [7, 11) is 0. The van der Waals surface area contributed by atoms with Gasteiger partial charge < -0.3 is 4.90 Å². The molecule has 0 spiro atoms. The molecule has 0 aromatic carbocycles. The minimum Gasteiger partial charge on any atom is -0.373 e. The van der Waals surface area contributed by atoms with Gasteiger partial charge in [-0.2, -0.15) is 0 Å². The lowest BCUT2D eigenvalue weighted by atomic mass is 10.0. The smallest absolute Gasteiger partial charge is 0.0692 e. The van der Waals surface area contributed by atoms with Crippen LogP contribution in [0.25, 0.3) is 5.70 Å². The second kappa shape index (κ2) is 13.0. The largest absolute Gasteiger partial charge is 0.373 e. The number of rotatable bonds is 6. The molecule has 38 heavy (non-hydrogen) atoms. The molecule has 0 amide bonds. The predicted octanol–water partition coefficient (Wildman–Crippen LogP) is 7.07. The minimum absolute atomic E-state index is 0.312. The van der Waals surface area contributed by atoms with Crippen LogP contribution >= 0.6 is 0 Å². The lowest BCUT2D eigenvalue weighted by Gasteiger charge is -2.39. The lowest BCUT2D eigenvalue weighted by molar-refractivity contribution is 0.150. The van der Waals surface area contributed by atoms with Crippen molar-refractivity contribution in [1.29, 1.82) is 0 Å². The van der Waals surface area contributed by atoms with Crippen molar-refractivity contribution < 1.29 is 0 Å². The van der Waals surface area contributed by atoms with Gasteiger partial charge in [-0.1, -0.05) is 36.5 Å². The third kappa shape index (κ3) is 7.61. The normalized spacial score (nSPS) is 24.4. The van der Waals surface area contributed by atoms with Gasteiger partial charge in [0, 0.05) is 73.7 Å². The van der Waals surface area contributed by atoms with Gasteiger partial charge in [0.1, 0.15) is 0 Å².